The van der Waals surface area contributed by atoms with Crippen LogP contribution in [-0.2, 0) is 6.42 Å². The highest BCUT2D eigenvalue weighted by molar-refractivity contribution is 9.10. The molecule has 0 fully saturated rings. The lowest BCUT2D eigenvalue weighted by Crippen LogP contribution is -2.09. The smallest absolute Gasteiger partial charge is 0.126 e. The summed E-state index contributed by atoms with van der Waals surface area (Å²) >= 11 is 6.81. The Morgan fingerprint density at radius 2 is 1.84 bits per heavy atom. The number of halogens is 3. The standard InChI is InChI=1S/C15H13Br2FO/c16-12-5-6-15(18)10(8-12)7-11(9-19)13-3-1-2-4-14(13)17/h1-6,8,11,19H,7,9H2. The highest BCUT2D eigenvalue weighted by Crippen LogP contribution is 2.29. The number of benzene rings is 2. The molecule has 1 N–H and O–H groups in total. The molecule has 0 saturated heterocycles. The average molecular weight is 388 g/mol. The Kier molecular flexibility index (Phi) is 5.13. The van der Waals surface area contributed by atoms with Crippen LogP contribution in [0.3, 0.4) is 0 Å². The number of hydrogen-bond donors (Lipinski definition) is 1. The van der Waals surface area contributed by atoms with Gasteiger partial charge < -0.3 is 5.11 Å². The lowest BCUT2D eigenvalue weighted by Gasteiger charge is -2.17. The summed E-state index contributed by atoms with van der Waals surface area (Å²) in [6.07, 6.45) is 0.463. The first-order valence-electron chi connectivity index (χ1n) is 5.91. The van der Waals surface area contributed by atoms with Gasteiger partial charge in [-0.05, 0) is 41.8 Å². The van der Waals surface area contributed by atoms with E-state index in [2.05, 4.69) is 31.9 Å². The number of hydrogen-bond acceptors (Lipinski definition) is 1. The quantitative estimate of drug-likeness (QED) is 0.808. The molecule has 1 nitrogen and oxygen atoms in total. The largest absolute Gasteiger partial charge is 0.396 e. The lowest BCUT2D eigenvalue weighted by molar-refractivity contribution is 0.263. The van der Waals surface area contributed by atoms with Crippen molar-refractivity contribution in [3.05, 3.63) is 68.4 Å². The minimum Gasteiger partial charge on any atom is -0.396 e. The molecule has 1 unspecified atom stereocenters. The van der Waals surface area contributed by atoms with E-state index in [0.717, 1.165) is 14.5 Å². The third-order valence-electron chi connectivity index (χ3n) is 3.04. The van der Waals surface area contributed by atoms with Gasteiger partial charge in [0.1, 0.15) is 5.82 Å². The van der Waals surface area contributed by atoms with Gasteiger partial charge >= 0.3 is 0 Å². The van der Waals surface area contributed by atoms with Crippen molar-refractivity contribution in [2.24, 2.45) is 0 Å². The van der Waals surface area contributed by atoms with Gasteiger partial charge in [-0.25, -0.2) is 4.39 Å². The Morgan fingerprint density at radius 3 is 2.53 bits per heavy atom. The molecule has 0 aliphatic carbocycles. The maximum absolute atomic E-state index is 13.8. The van der Waals surface area contributed by atoms with Crippen molar-refractivity contribution in [3.8, 4) is 0 Å². The van der Waals surface area contributed by atoms with Crippen molar-refractivity contribution in [1.82, 2.24) is 0 Å². The van der Waals surface area contributed by atoms with E-state index in [4.69, 9.17) is 0 Å². The SMILES string of the molecule is OCC(Cc1cc(Br)ccc1F)c1ccccc1Br. The van der Waals surface area contributed by atoms with E-state index in [1.165, 1.54) is 6.07 Å². The Bertz CT molecular complexity index is 572. The van der Waals surface area contributed by atoms with Gasteiger partial charge in [-0.1, -0.05) is 50.1 Å². The Morgan fingerprint density at radius 1 is 1.11 bits per heavy atom. The average Bonchev–Trinajstić information content (AvgIpc) is 2.41. The fourth-order valence-corrected chi connectivity index (χ4v) is 3.06. The highest BCUT2D eigenvalue weighted by Gasteiger charge is 2.16. The van der Waals surface area contributed by atoms with E-state index in [1.54, 1.807) is 12.1 Å². The maximum Gasteiger partial charge on any atom is 0.126 e. The van der Waals surface area contributed by atoms with Crippen molar-refractivity contribution in [1.29, 1.82) is 0 Å². The maximum atomic E-state index is 13.8. The number of aliphatic hydroxyl groups is 1. The van der Waals surface area contributed by atoms with Crippen LogP contribution in [0.4, 0.5) is 4.39 Å². The second-order valence-electron chi connectivity index (χ2n) is 4.34. The molecule has 2 rings (SSSR count). The summed E-state index contributed by atoms with van der Waals surface area (Å²) in [5.41, 5.74) is 1.59. The molecule has 100 valence electrons. The van der Waals surface area contributed by atoms with Gasteiger partial charge in [-0.3, -0.25) is 0 Å². The summed E-state index contributed by atoms with van der Waals surface area (Å²) in [5.74, 6) is -0.368. The third kappa shape index (κ3) is 3.65. The first-order chi connectivity index (χ1) is 9.11. The Hall–Kier alpha value is -0.710. The summed E-state index contributed by atoms with van der Waals surface area (Å²) < 4.78 is 15.5. The zero-order valence-electron chi connectivity index (χ0n) is 10.1. The molecule has 0 radical (unpaired) electrons. The molecular formula is C15H13Br2FO. The molecule has 2 aromatic rings. The van der Waals surface area contributed by atoms with Gasteiger partial charge in [0.05, 0.1) is 6.61 Å². The van der Waals surface area contributed by atoms with Crippen LogP contribution in [0.1, 0.15) is 17.0 Å². The number of rotatable bonds is 4. The zero-order chi connectivity index (χ0) is 13.8. The van der Waals surface area contributed by atoms with E-state index in [9.17, 15) is 9.50 Å². The molecule has 19 heavy (non-hydrogen) atoms. The molecule has 0 aliphatic rings. The van der Waals surface area contributed by atoms with E-state index in [0.29, 0.717) is 12.0 Å². The molecular weight excluding hydrogens is 375 g/mol. The molecule has 0 saturated carbocycles. The van der Waals surface area contributed by atoms with Crippen LogP contribution < -0.4 is 0 Å². The minimum atomic E-state index is -0.242. The Balaban J connectivity index is 2.29. The highest BCUT2D eigenvalue weighted by atomic mass is 79.9. The molecule has 0 amide bonds. The lowest BCUT2D eigenvalue weighted by atomic mass is 9.92. The summed E-state index contributed by atoms with van der Waals surface area (Å²) in [6.45, 7) is -0.0193. The van der Waals surface area contributed by atoms with Crippen LogP contribution in [0, 0.1) is 5.82 Å². The van der Waals surface area contributed by atoms with Crippen LogP contribution in [0.15, 0.2) is 51.4 Å². The first-order valence-corrected chi connectivity index (χ1v) is 7.49. The predicted molar refractivity (Wildman–Crippen MR) is 81.8 cm³/mol. The summed E-state index contributed by atoms with van der Waals surface area (Å²) in [4.78, 5) is 0. The van der Waals surface area contributed by atoms with Crippen molar-refractivity contribution in [2.45, 2.75) is 12.3 Å². The van der Waals surface area contributed by atoms with Gasteiger partial charge in [-0.2, -0.15) is 0 Å². The normalized spacial score (nSPS) is 12.4. The van der Waals surface area contributed by atoms with Crippen molar-refractivity contribution < 1.29 is 9.50 Å². The van der Waals surface area contributed by atoms with E-state index in [1.807, 2.05) is 24.3 Å². The molecule has 0 aromatic heterocycles. The van der Waals surface area contributed by atoms with E-state index < -0.39 is 0 Å². The van der Waals surface area contributed by atoms with Crippen LogP contribution in [0.5, 0.6) is 0 Å². The van der Waals surface area contributed by atoms with Crippen molar-refractivity contribution in [3.63, 3.8) is 0 Å². The molecule has 0 bridgehead atoms. The number of aliphatic hydroxyl groups excluding tert-OH is 1. The first kappa shape index (κ1) is 14.7. The topological polar surface area (TPSA) is 20.2 Å². The fourth-order valence-electron chi connectivity index (χ4n) is 2.04. The van der Waals surface area contributed by atoms with Gasteiger partial charge in [0.15, 0.2) is 0 Å². The van der Waals surface area contributed by atoms with Crippen LogP contribution in [-0.4, -0.2) is 11.7 Å². The van der Waals surface area contributed by atoms with Crippen LogP contribution in [0.2, 0.25) is 0 Å². The summed E-state index contributed by atoms with van der Waals surface area (Å²) in [5, 5.41) is 9.57. The second-order valence-corrected chi connectivity index (χ2v) is 6.11. The molecule has 0 heterocycles. The molecule has 0 aliphatic heterocycles. The Labute approximate surface area is 128 Å². The van der Waals surface area contributed by atoms with E-state index >= 15 is 0 Å². The third-order valence-corrected chi connectivity index (χ3v) is 4.25. The summed E-state index contributed by atoms with van der Waals surface area (Å²) in [6, 6.07) is 12.6. The monoisotopic (exact) mass is 386 g/mol. The van der Waals surface area contributed by atoms with E-state index in [-0.39, 0.29) is 18.3 Å². The second kappa shape index (κ2) is 6.64. The van der Waals surface area contributed by atoms with Crippen LogP contribution >= 0.6 is 31.9 Å². The minimum absolute atomic E-state index is 0.0193. The van der Waals surface area contributed by atoms with Crippen molar-refractivity contribution >= 4 is 31.9 Å². The fraction of sp³-hybridized carbons (Fsp3) is 0.200. The van der Waals surface area contributed by atoms with Crippen molar-refractivity contribution in [2.75, 3.05) is 6.61 Å². The van der Waals surface area contributed by atoms with Gasteiger partial charge in [-0.15, -0.1) is 0 Å². The zero-order valence-corrected chi connectivity index (χ0v) is 13.3. The molecule has 0 spiro atoms. The molecule has 1 atom stereocenters. The predicted octanol–water partition coefficient (Wildman–Crippen LogP) is 4.67. The molecule has 4 heteroatoms. The van der Waals surface area contributed by atoms with Crippen LogP contribution in [0.25, 0.3) is 0 Å². The molecule has 2 aromatic carbocycles. The van der Waals surface area contributed by atoms with Gasteiger partial charge in [0.2, 0.25) is 0 Å². The van der Waals surface area contributed by atoms with Gasteiger partial charge in [0, 0.05) is 14.9 Å². The van der Waals surface area contributed by atoms with Gasteiger partial charge in [0.25, 0.3) is 0 Å². The summed E-state index contributed by atoms with van der Waals surface area (Å²) in [7, 11) is 0.